The Morgan fingerprint density at radius 3 is 2.47 bits per heavy atom. The summed E-state index contributed by atoms with van der Waals surface area (Å²) in [6.45, 7) is 2.16. The van der Waals surface area contributed by atoms with Crippen LogP contribution in [0.4, 0.5) is 0 Å². The molecule has 1 aliphatic heterocycles. The van der Waals surface area contributed by atoms with Gasteiger partial charge in [0, 0.05) is 32.0 Å². The fourth-order valence-electron chi connectivity index (χ4n) is 4.58. The molecule has 32 heavy (non-hydrogen) atoms. The number of aryl methyl sites for hydroxylation is 2. The van der Waals surface area contributed by atoms with Gasteiger partial charge in [0.05, 0.1) is 18.1 Å². The van der Waals surface area contributed by atoms with Crippen LogP contribution in [0.1, 0.15) is 29.3 Å². The molecule has 0 saturated carbocycles. The van der Waals surface area contributed by atoms with Gasteiger partial charge in [0.1, 0.15) is 11.6 Å². The van der Waals surface area contributed by atoms with Gasteiger partial charge >= 0.3 is 0 Å². The van der Waals surface area contributed by atoms with Crippen molar-refractivity contribution in [3.05, 3.63) is 95.8 Å². The van der Waals surface area contributed by atoms with Gasteiger partial charge in [-0.05, 0) is 41.8 Å². The number of aromatic nitrogens is 2. The van der Waals surface area contributed by atoms with Crippen molar-refractivity contribution in [2.45, 2.75) is 31.8 Å². The standard InChI is InChI=1S/C27H27N3O2/c1-32-23-13-11-21(12-14-23)18-29-19-22(17-26(29)31)27-28-24-9-5-6-10-25(24)30(27)16-15-20-7-3-2-4-8-20/h2-14,22H,15-19H2,1H3. The topological polar surface area (TPSA) is 47.4 Å². The highest BCUT2D eigenvalue weighted by Crippen LogP contribution is 2.31. The van der Waals surface area contributed by atoms with E-state index in [9.17, 15) is 4.79 Å². The van der Waals surface area contributed by atoms with E-state index in [0.29, 0.717) is 19.5 Å². The molecule has 0 aliphatic carbocycles. The van der Waals surface area contributed by atoms with Crippen molar-refractivity contribution in [1.29, 1.82) is 0 Å². The van der Waals surface area contributed by atoms with Crippen LogP contribution in [0.25, 0.3) is 11.0 Å². The van der Waals surface area contributed by atoms with E-state index in [-0.39, 0.29) is 11.8 Å². The number of fused-ring (bicyclic) bond motifs is 1. The van der Waals surface area contributed by atoms with Crippen LogP contribution in [0.5, 0.6) is 5.75 Å². The molecule has 1 aliphatic rings. The maximum Gasteiger partial charge on any atom is 0.223 e. The van der Waals surface area contributed by atoms with Crippen molar-refractivity contribution in [3.8, 4) is 5.75 Å². The second-order valence-corrected chi connectivity index (χ2v) is 8.37. The third-order valence-corrected chi connectivity index (χ3v) is 6.26. The van der Waals surface area contributed by atoms with Gasteiger partial charge in [-0.2, -0.15) is 0 Å². The molecule has 5 heteroatoms. The number of benzene rings is 3. The lowest BCUT2D eigenvalue weighted by molar-refractivity contribution is -0.128. The predicted octanol–water partition coefficient (Wildman–Crippen LogP) is 4.80. The van der Waals surface area contributed by atoms with Crippen molar-refractivity contribution >= 4 is 16.9 Å². The number of hydrogen-bond donors (Lipinski definition) is 0. The van der Waals surface area contributed by atoms with Gasteiger partial charge in [-0.25, -0.2) is 4.98 Å². The quantitative estimate of drug-likeness (QED) is 0.427. The largest absolute Gasteiger partial charge is 0.497 e. The first-order chi connectivity index (χ1) is 15.7. The number of rotatable bonds is 7. The zero-order valence-corrected chi connectivity index (χ0v) is 18.3. The number of hydrogen-bond acceptors (Lipinski definition) is 3. The van der Waals surface area contributed by atoms with E-state index in [0.717, 1.165) is 41.1 Å². The number of likely N-dealkylation sites (tertiary alicyclic amines) is 1. The Balaban J connectivity index is 1.38. The maximum absolute atomic E-state index is 12.9. The summed E-state index contributed by atoms with van der Waals surface area (Å²) in [7, 11) is 1.66. The Labute approximate surface area is 188 Å². The van der Waals surface area contributed by atoms with Gasteiger partial charge in [0.15, 0.2) is 0 Å². The average Bonchev–Trinajstić information content (AvgIpc) is 3.39. The van der Waals surface area contributed by atoms with Crippen molar-refractivity contribution in [2.24, 2.45) is 0 Å². The van der Waals surface area contributed by atoms with E-state index in [2.05, 4.69) is 47.0 Å². The summed E-state index contributed by atoms with van der Waals surface area (Å²) in [5, 5.41) is 0. The molecule has 1 fully saturated rings. The Hall–Kier alpha value is -3.60. The molecule has 1 amide bonds. The molecule has 4 aromatic rings. The number of nitrogens with zero attached hydrogens (tertiary/aromatic N) is 3. The normalized spacial score (nSPS) is 16.1. The number of ether oxygens (including phenoxy) is 1. The molecular weight excluding hydrogens is 398 g/mol. The first-order valence-corrected chi connectivity index (χ1v) is 11.1. The van der Waals surface area contributed by atoms with E-state index in [4.69, 9.17) is 9.72 Å². The fraction of sp³-hybridized carbons (Fsp3) is 0.259. The van der Waals surface area contributed by atoms with Crippen molar-refractivity contribution in [3.63, 3.8) is 0 Å². The lowest BCUT2D eigenvalue weighted by atomic mass is 10.1. The number of para-hydroxylation sites is 2. The van der Waals surface area contributed by atoms with Crippen LogP contribution in [0.2, 0.25) is 0 Å². The number of imidazole rings is 1. The SMILES string of the molecule is COc1ccc(CN2CC(c3nc4ccccc4n3CCc3ccccc3)CC2=O)cc1. The number of amides is 1. The third kappa shape index (κ3) is 4.11. The first kappa shape index (κ1) is 20.3. The molecule has 0 spiro atoms. The van der Waals surface area contributed by atoms with E-state index in [1.165, 1.54) is 5.56 Å². The van der Waals surface area contributed by atoms with E-state index in [1.807, 2.05) is 41.3 Å². The Kier molecular flexibility index (Phi) is 5.63. The van der Waals surface area contributed by atoms with Gasteiger partial charge in [0.25, 0.3) is 0 Å². The lowest BCUT2D eigenvalue weighted by Gasteiger charge is -2.18. The number of carbonyl (C=O) groups is 1. The minimum Gasteiger partial charge on any atom is -0.497 e. The summed E-state index contributed by atoms with van der Waals surface area (Å²) in [5.74, 6) is 2.13. The number of methoxy groups -OCH3 is 1. The predicted molar refractivity (Wildman–Crippen MR) is 126 cm³/mol. The molecule has 1 atom stereocenters. The Bertz CT molecular complexity index is 1210. The highest BCUT2D eigenvalue weighted by atomic mass is 16.5. The van der Waals surface area contributed by atoms with Gasteiger partial charge in [0.2, 0.25) is 5.91 Å². The van der Waals surface area contributed by atoms with Gasteiger partial charge < -0.3 is 14.2 Å². The van der Waals surface area contributed by atoms with Crippen LogP contribution < -0.4 is 4.74 Å². The molecule has 0 radical (unpaired) electrons. The van der Waals surface area contributed by atoms with Crippen molar-refractivity contribution in [1.82, 2.24) is 14.5 Å². The summed E-state index contributed by atoms with van der Waals surface area (Å²) in [5.41, 5.74) is 4.55. The molecule has 0 bridgehead atoms. The Morgan fingerprint density at radius 2 is 1.69 bits per heavy atom. The maximum atomic E-state index is 12.9. The van der Waals surface area contributed by atoms with Gasteiger partial charge in [-0.3, -0.25) is 4.79 Å². The Morgan fingerprint density at radius 1 is 0.938 bits per heavy atom. The van der Waals surface area contributed by atoms with Crippen LogP contribution in [-0.2, 0) is 24.3 Å². The highest BCUT2D eigenvalue weighted by molar-refractivity contribution is 5.81. The zero-order valence-electron chi connectivity index (χ0n) is 18.3. The summed E-state index contributed by atoms with van der Waals surface area (Å²) >= 11 is 0. The van der Waals surface area contributed by atoms with E-state index in [1.54, 1.807) is 7.11 Å². The number of carbonyl (C=O) groups excluding carboxylic acids is 1. The molecule has 1 saturated heterocycles. The molecule has 162 valence electrons. The molecule has 5 nitrogen and oxygen atoms in total. The molecule has 3 aromatic carbocycles. The molecule has 0 N–H and O–H groups in total. The van der Waals surface area contributed by atoms with Crippen molar-refractivity contribution in [2.75, 3.05) is 13.7 Å². The van der Waals surface area contributed by atoms with Crippen LogP contribution in [-0.4, -0.2) is 34.0 Å². The van der Waals surface area contributed by atoms with Crippen LogP contribution >= 0.6 is 0 Å². The monoisotopic (exact) mass is 425 g/mol. The second-order valence-electron chi connectivity index (χ2n) is 8.37. The van der Waals surface area contributed by atoms with Crippen molar-refractivity contribution < 1.29 is 9.53 Å². The molecule has 1 unspecified atom stereocenters. The highest BCUT2D eigenvalue weighted by Gasteiger charge is 2.33. The van der Waals surface area contributed by atoms with Gasteiger partial charge in [-0.1, -0.05) is 54.6 Å². The fourth-order valence-corrected chi connectivity index (χ4v) is 4.58. The van der Waals surface area contributed by atoms with Crippen LogP contribution in [0.15, 0.2) is 78.9 Å². The summed E-state index contributed by atoms with van der Waals surface area (Å²) in [6, 6.07) is 26.7. The second kappa shape index (κ2) is 8.87. The summed E-state index contributed by atoms with van der Waals surface area (Å²) in [4.78, 5) is 19.8. The van der Waals surface area contributed by atoms with Crippen LogP contribution in [0, 0.1) is 0 Å². The summed E-state index contributed by atoms with van der Waals surface area (Å²) < 4.78 is 7.56. The zero-order chi connectivity index (χ0) is 21.9. The molecule has 5 rings (SSSR count). The van der Waals surface area contributed by atoms with E-state index < -0.39 is 0 Å². The minimum atomic E-state index is 0.101. The molecule has 1 aromatic heterocycles. The lowest BCUT2D eigenvalue weighted by Crippen LogP contribution is -2.24. The molecule has 2 heterocycles. The third-order valence-electron chi connectivity index (χ3n) is 6.26. The van der Waals surface area contributed by atoms with Crippen LogP contribution in [0.3, 0.4) is 0 Å². The van der Waals surface area contributed by atoms with E-state index >= 15 is 0 Å². The van der Waals surface area contributed by atoms with Gasteiger partial charge in [-0.15, -0.1) is 0 Å². The summed E-state index contributed by atoms with van der Waals surface area (Å²) in [6.07, 6.45) is 1.44. The molecular formula is C27H27N3O2. The smallest absolute Gasteiger partial charge is 0.223 e. The average molecular weight is 426 g/mol. The minimum absolute atomic E-state index is 0.101. The first-order valence-electron chi connectivity index (χ1n) is 11.1.